The van der Waals surface area contributed by atoms with Gasteiger partial charge in [0, 0.05) is 11.8 Å². The number of aliphatic imine (C=N–C) groups is 1. The molecule has 2 aromatic carbocycles. The van der Waals surface area contributed by atoms with Crippen molar-refractivity contribution >= 4 is 17.9 Å². The SMILES string of the molecule is COC(=O)c1ccccc1C=Nc1ccccc1O. The van der Waals surface area contributed by atoms with Gasteiger partial charge in [-0.2, -0.15) is 0 Å². The average Bonchev–Trinajstić information content (AvgIpc) is 2.46. The van der Waals surface area contributed by atoms with Crippen LogP contribution in [-0.2, 0) is 4.74 Å². The molecule has 0 saturated carbocycles. The van der Waals surface area contributed by atoms with Gasteiger partial charge in [0.25, 0.3) is 0 Å². The van der Waals surface area contributed by atoms with E-state index >= 15 is 0 Å². The Morgan fingerprint density at radius 1 is 1.16 bits per heavy atom. The first-order valence-corrected chi connectivity index (χ1v) is 5.72. The van der Waals surface area contributed by atoms with Gasteiger partial charge in [0.1, 0.15) is 11.4 Å². The van der Waals surface area contributed by atoms with Crippen molar-refractivity contribution in [1.29, 1.82) is 0 Å². The normalized spacial score (nSPS) is 10.6. The molecule has 0 aliphatic rings. The van der Waals surface area contributed by atoms with Gasteiger partial charge in [0.2, 0.25) is 0 Å². The third kappa shape index (κ3) is 2.98. The molecule has 2 rings (SSSR count). The lowest BCUT2D eigenvalue weighted by Gasteiger charge is -2.03. The van der Waals surface area contributed by atoms with Gasteiger partial charge in [-0.05, 0) is 18.2 Å². The molecule has 0 amide bonds. The van der Waals surface area contributed by atoms with E-state index in [2.05, 4.69) is 4.99 Å². The molecule has 0 bridgehead atoms. The second-order valence-electron chi connectivity index (χ2n) is 3.83. The molecule has 0 spiro atoms. The number of hydrogen-bond acceptors (Lipinski definition) is 4. The molecule has 4 heteroatoms. The summed E-state index contributed by atoms with van der Waals surface area (Å²) in [4.78, 5) is 15.7. The first kappa shape index (κ1) is 12.8. The maximum atomic E-state index is 11.6. The number of aromatic hydroxyl groups is 1. The summed E-state index contributed by atoms with van der Waals surface area (Å²) in [6.45, 7) is 0. The zero-order valence-electron chi connectivity index (χ0n) is 10.4. The highest BCUT2D eigenvalue weighted by molar-refractivity contribution is 5.99. The molecule has 96 valence electrons. The van der Waals surface area contributed by atoms with E-state index in [-0.39, 0.29) is 5.75 Å². The van der Waals surface area contributed by atoms with Gasteiger partial charge in [0.05, 0.1) is 12.7 Å². The molecule has 0 aromatic heterocycles. The van der Waals surface area contributed by atoms with Crippen LogP contribution in [0.3, 0.4) is 0 Å². The van der Waals surface area contributed by atoms with Crippen LogP contribution >= 0.6 is 0 Å². The summed E-state index contributed by atoms with van der Waals surface area (Å²) in [5, 5.41) is 9.61. The van der Waals surface area contributed by atoms with E-state index in [1.54, 1.807) is 48.5 Å². The molecule has 1 N–H and O–H groups in total. The number of esters is 1. The third-order valence-electron chi connectivity index (χ3n) is 2.59. The summed E-state index contributed by atoms with van der Waals surface area (Å²) in [5.41, 5.74) is 1.52. The summed E-state index contributed by atoms with van der Waals surface area (Å²) in [6.07, 6.45) is 1.53. The van der Waals surface area contributed by atoms with E-state index in [1.165, 1.54) is 13.3 Å². The molecule has 0 heterocycles. The summed E-state index contributed by atoms with van der Waals surface area (Å²) in [5.74, 6) is -0.325. The largest absolute Gasteiger partial charge is 0.506 e. The minimum atomic E-state index is -0.417. The quantitative estimate of drug-likeness (QED) is 0.677. The Bertz CT molecular complexity index is 620. The number of rotatable bonds is 3. The molecule has 0 unspecified atom stereocenters. The van der Waals surface area contributed by atoms with Gasteiger partial charge >= 0.3 is 5.97 Å². The lowest BCUT2D eigenvalue weighted by Crippen LogP contribution is -2.04. The molecule has 19 heavy (non-hydrogen) atoms. The minimum Gasteiger partial charge on any atom is -0.506 e. The zero-order chi connectivity index (χ0) is 13.7. The Labute approximate surface area is 111 Å². The molecule has 0 radical (unpaired) electrons. The number of carbonyl (C=O) groups is 1. The number of phenolic OH excluding ortho intramolecular Hbond substituents is 1. The first-order chi connectivity index (χ1) is 9.22. The number of phenols is 1. The van der Waals surface area contributed by atoms with Crippen molar-refractivity contribution in [1.82, 2.24) is 0 Å². The topological polar surface area (TPSA) is 58.9 Å². The number of ether oxygens (including phenoxy) is 1. The molecule has 4 nitrogen and oxygen atoms in total. The van der Waals surface area contributed by atoms with Crippen molar-refractivity contribution in [2.45, 2.75) is 0 Å². The zero-order valence-corrected chi connectivity index (χ0v) is 10.4. The van der Waals surface area contributed by atoms with Crippen molar-refractivity contribution in [2.75, 3.05) is 7.11 Å². The molecule has 0 aliphatic heterocycles. The van der Waals surface area contributed by atoms with Crippen molar-refractivity contribution in [3.05, 3.63) is 59.7 Å². The highest BCUT2D eigenvalue weighted by Gasteiger charge is 2.09. The fourth-order valence-electron chi connectivity index (χ4n) is 1.62. The predicted octanol–water partition coefficient (Wildman–Crippen LogP) is 2.93. The molecule has 2 aromatic rings. The number of benzene rings is 2. The lowest BCUT2D eigenvalue weighted by atomic mass is 10.1. The van der Waals surface area contributed by atoms with Crippen LogP contribution < -0.4 is 0 Å². The van der Waals surface area contributed by atoms with Gasteiger partial charge in [0.15, 0.2) is 0 Å². The third-order valence-corrected chi connectivity index (χ3v) is 2.59. The van der Waals surface area contributed by atoms with Crippen LogP contribution in [0, 0.1) is 0 Å². The standard InChI is InChI=1S/C15H13NO3/c1-19-15(18)12-7-3-2-6-11(12)10-16-13-8-4-5-9-14(13)17/h2-10,17H,1H3. The van der Waals surface area contributed by atoms with Crippen molar-refractivity contribution < 1.29 is 14.6 Å². The van der Waals surface area contributed by atoms with Crippen LogP contribution in [0.4, 0.5) is 5.69 Å². The Morgan fingerprint density at radius 2 is 1.84 bits per heavy atom. The molecular weight excluding hydrogens is 242 g/mol. The van der Waals surface area contributed by atoms with Gasteiger partial charge < -0.3 is 9.84 Å². The van der Waals surface area contributed by atoms with Crippen LogP contribution in [0.5, 0.6) is 5.75 Å². The lowest BCUT2D eigenvalue weighted by molar-refractivity contribution is 0.0600. The van der Waals surface area contributed by atoms with Crippen LogP contribution in [0.2, 0.25) is 0 Å². The highest BCUT2D eigenvalue weighted by Crippen LogP contribution is 2.24. The van der Waals surface area contributed by atoms with E-state index < -0.39 is 5.97 Å². The van der Waals surface area contributed by atoms with Gasteiger partial charge in [-0.1, -0.05) is 30.3 Å². The van der Waals surface area contributed by atoms with Crippen LogP contribution in [-0.4, -0.2) is 24.4 Å². The number of methoxy groups -OCH3 is 1. The molecular formula is C15H13NO3. The van der Waals surface area contributed by atoms with E-state index in [4.69, 9.17) is 4.74 Å². The second-order valence-corrected chi connectivity index (χ2v) is 3.83. The molecule has 0 fully saturated rings. The Kier molecular flexibility index (Phi) is 3.93. The smallest absolute Gasteiger partial charge is 0.338 e. The average molecular weight is 255 g/mol. The van der Waals surface area contributed by atoms with E-state index in [0.29, 0.717) is 16.8 Å². The fourth-order valence-corrected chi connectivity index (χ4v) is 1.62. The van der Waals surface area contributed by atoms with E-state index in [1.807, 2.05) is 0 Å². The monoisotopic (exact) mass is 255 g/mol. The minimum absolute atomic E-state index is 0.0919. The van der Waals surface area contributed by atoms with Crippen molar-refractivity contribution in [2.24, 2.45) is 4.99 Å². The summed E-state index contributed by atoms with van der Waals surface area (Å²) >= 11 is 0. The van der Waals surface area contributed by atoms with Crippen LogP contribution in [0.1, 0.15) is 15.9 Å². The predicted molar refractivity (Wildman–Crippen MR) is 73.1 cm³/mol. The van der Waals surface area contributed by atoms with Crippen molar-refractivity contribution in [3.63, 3.8) is 0 Å². The summed E-state index contributed by atoms with van der Waals surface area (Å²) in [6, 6.07) is 13.7. The van der Waals surface area contributed by atoms with Gasteiger partial charge in [-0.3, -0.25) is 4.99 Å². The summed E-state index contributed by atoms with van der Waals surface area (Å²) in [7, 11) is 1.33. The maximum absolute atomic E-state index is 11.6. The maximum Gasteiger partial charge on any atom is 0.338 e. The Hall–Kier alpha value is -2.62. The first-order valence-electron chi connectivity index (χ1n) is 5.72. The van der Waals surface area contributed by atoms with Crippen LogP contribution in [0.15, 0.2) is 53.5 Å². The molecule has 0 atom stereocenters. The van der Waals surface area contributed by atoms with E-state index in [0.717, 1.165) is 0 Å². The highest BCUT2D eigenvalue weighted by atomic mass is 16.5. The molecule has 0 aliphatic carbocycles. The Morgan fingerprint density at radius 3 is 2.58 bits per heavy atom. The van der Waals surface area contributed by atoms with Gasteiger partial charge in [-0.15, -0.1) is 0 Å². The summed E-state index contributed by atoms with van der Waals surface area (Å²) < 4.78 is 4.70. The van der Waals surface area contributed by atoms with Crippen LogP contribution in [0.25, 0.3) is 0 Å². The van der Waals surface area contributed by atoms with E-state index in [9.17, 15) is 9.90 Å². The molecule has 0 saturated heterocycles. The fraction of sp³-hybridized carbons (Fsp3) is 0.0667. The van der Waals surface area contributed by atoms with Crippen molar-refractivity contribution in [3.8, 4) is 5.75 Å². The number of nitrogens with zero attached hydrogens (tertiary/aromatic N) is 1. The number of hydrogen-bond donors (Lipinski definition) is 1. The number of para-hydroxylation sites is 2. The van der Waals surface area contributed by atoms with Gasteiger partial charge in [-0.25, -0.2) is 4.79 Å². The second kappa shape index (κ2) is 5.82. The number of carbonyl (C=O) groups excluding carboxylic acids is 1. The Balaban J connectivity index is 2.34.